The SMILES string of the molecule is CCNCCNC(=O)c1cnc(-c2ccccn2)s1.Cl.Cl. The first kappa shape index (κ1) is 19.8. The van der Waals surface area contributed by atoms with Crippen LogP contribution in [-0.4, -0.2) is 35.5 Å². The maximum atomic E-state index is 11.9. The fourth-order valence-corrected chi connectivity index (χ4v) is 2.32. The number of nitrogens with zero attached hydrogens (tertiary/aromatic N) is 2. The monoisotopic (exact) mass is 348 g/mol. The van der Waals surface area contributed by atoms with Crippen LogP contribution in [0.25, 0.3) is 10.7 Å². The molecule has 2 N–H and O–H groups in total. The lowest BCUT2D eigenvalue weighted by Crippen LogP contribution is -2.31. The molecule has 0 radical (unpaired) electrons. The fraction of sp³-hybridized carbons (Fsp3) is 0.308. The van der Waals surface area contributed by atoms with Gasteiger partial charge in [0.05, 0.1) is 11.9 Å². The topological polar surface area (TPSA) is 66.9 Å². The van der Waals surface area contributed by atoms with Gasteiger partial charge in [-0.3, -0.25) is 9.78 Å². The smallest absolute Gasteiger partial charge is 0.263 e. The molecule has 8 heteroatoms. The minimum Gasteiger partial charge on any atom is -0.350 e. The van der Waals surface area contributed by atoms with Gasteiger partial charge >= 0.3 is 0 Å². The highest BCUT2D eigenvalue weighted by atomic mass is 35.5. The van der Waals surface area contributed by atoms with Crippen LogP contribution in [0, 0.1) is 0 Å². The lowest BCUT2D eigenvalue weighted by molar-refractivity contribution is 0.0958. The number of amides is 1. The van der Waals surface area contributed by atoms with E-state index in [1.807, 2.05) is 25.1 Å². The molecule has 2 aromatic rings. The van der Waals surface area contributed by atoms with E-state index in [-0.39, 0.29) is 30.7 Å². The van der Waals surface area contributed by atoms with E-state index in [9.17, 15) is 4.79 Å². The van der Waals surface area contributed by atoms with Gasteiger partial charge in [0.2, 0.25) is 0 Å². The predicted molar refractivity (Wildman–Crippen MR) is 90.7 cm³/mol. The summed E-state index contributed by atoms with van der Waals surface area (Å²) in [6.45, 7) is 4.32. The van der Waals surface area contributed by atoms with Crippen molar-refractivity contribution in [3.05, 3.63) is 35.5 Å². The number of nitrogens with one attached hydrogen (secondary N) is 2. The molecule has 2 aromatic heterocycles. The van der Waals surface area contributed by atoms with E-state index in [4.69, 9.17) is 0 Å². The van der Waals surface area contributed by atoms with Crippen molar-refractivity contribution in [2.45, 2.75) is 6.92 Å². The molecule has 0 aliphatic carbocycles. The molecule has 0 aliphatic rings. The number of likely N-dealkylation sites (N-methyl/N-ethyl adjacent to an activating group) is 1. The quantitative estimate of drug-likeness (QED) is 0.786. The number of aromatic nitrogens is 2. The van der Waals surface area contributed by atoms with E-state index in [2.05, 4.69) is 20.6 Å². The summed E-state index contributed by atoms with van der Waals surface area (Å²) in [4.78, 5) is 20.9. The number of thiazole rings is 1. The van der Waals surface area contributed by atoms with Crippen LogP contribution in [0.2, 0.25) is 0 Å². The molecule has 0 saturated carbocycles. The number of carbonyl (C=O) groups excluding carboxylic acids is 1. The van der Waals surface area contributed by atoms with Crippen molar-refractivity contribution in [1.82, 2.24) is 20.6 Å². The van der Waals surface area contributed by atoms with Gasteiger partial charge in [-0.25, -0.2) is 4.98 Å². The molecule has 2 heterocycles. The molecule has 0 aromatic carbocycles. The van der Waals surface area contributed by atoms with Crippen LogP contribution in [0.3, 0.4) is 0 Å². The molecule has 5 nitrogen and oxygen atoms in total. The molecular formula is C13H18Cl2N4OS. The summed E-state index contributed by atoms with van der Waals surface area (Å²) in [5.41, 5.74) is 0.791. The van der Waals surface area contributed by atoms with Crippen LogP contribution in [0.15, 0.2) is 30.6 Å². The number of carbonyl (C=O) groups is 1. The summed E-state index contributed by atoms with van der Waals surface area (Å²) in [5, 5.41) is 6.76. The highest BCUT2D eigenvalue weighted by molar-refractivity contribution is 7.16. The summed E-state index contributed by atoms with van der Waals surface area (Å²) >= 11 is 1.35. The zero-order valence-corrected chi connectivity index (χ0v) is 14.0. The molecule has 2 rings (SSSR count). The standard InChI is InChI=1S/C13H16N4OS.2ClH/c1-2-14-7-8-16-12(18)11-9-17-13(19-11)10-5-3-4-6-15-10;;/h3-6,9,14H,2,7-8H2,1H3,(H,16,18);2*1H. The summed E-state index contributed by atoms with van der Waals surface area (Å²) in [5.74, 6) is -0.0856. The van der Waals surface area contributed by atoms with Crippen molar-refractivity contribution in [3.8, 4) is 10.7 Å². The van der Waals surface area contributed by atoms with Gasteiger partial charge in [0.1, 0.15) is 9.88 Å². The fourth-order valence-electron chi connectivity index (χ4n) is 1.52. The van der Waals surface area contributed by atoms with Gasteiger partial charge in [0.15, 0.2) is 0 Å². The van der Waals surface area contributed by atoms with Crippen molar-refractivity contribution in [2.24, 2.45) is 0 Å². The Hall–Kier alpha value is -1.21. The van der Waals surface area contributed by atoms with Gasteiger partial charge in [0, 0.05) is 19.3 Å². The molecule has 0 saturated heterocycles. The average Bonchev–Trinajstić information content (AvgIpc) is 2.94. The van der Waals surface area contributed by atoms with Gasteiger partial charge in [-0.15, -0.1) is 36.2 Å². The Morgan fingerprint density at radius 1 is 1.24 bits per heavy atom. The number of rotatable bonds is 6. The van der Waals surface area contributed by atoms with Crippen LogP contribution in [0.4, 0.5) is 0 Å². The van der Waals surface area contributed by atoms with Crippen LogP contribution in [0.5, 0.6) is 0 Å². The first-order valence-corrected chi connectivity index (χ1v) is 6.99. The van der Waals surface area contributed by atoms with E-state index < -0.39 is 0 Å². The summed E-state index contributed by atoms with van der Waals surface area (Å²) in [6, 6.07) is 5.64. The van der Waals surface area contributed by atoms with Gasteiger partial charge in [0.25, 0.3) is 5.91 Å². The lowest BCUT2D eigenvalue weighted by atomic mass is 10.4. The van der Waals surface area contributed by atoms with Gasteiger partial charge in [-0.1, -0.05) is 13.0 Å². The Kier molecular flexibility index (Phi) is 9.90. The predicted octanol–water partition coefficient (Wildman–Crippen LogP) is 2.39. The molecule has 0 aliphatic heterocycles. The van der Waals surface area contributed by atoms with Crippen LogP contribution < -0.4 is 10.6 Å². The van der Waals surface area contributed by atoms with Gasteiger partial charge < -0.3 is 10.6 Å². The Balaban J connectivity index is 0.00000200. The average molecular weight is 349 g/mol. The van der Waals surface area contributed by atoms with E-state index in [0.717, 1.165) is 23.8 Å². The van der Waals surface area contributed by atoms with Crippen molar-refractivity contribution >= 4 is 42.1 Å². The molecule has 21 heavy (non-hydrogen) atoms. The first-order chi connectivity index (χ1) is 9.31. The molecule has 116 valence electrons. The third kappa shape index (κ3) is 5.97. The van der Waals surface area contributed by atoms with Crippen molar-refractivity contribution in [3.63, 3.8) is 0 Å². The Labute approximate surface area is 140 Å². The van der Waals surface area contributed by atoms with E-state index in [0.29, 0.717) is 11.4 Å². The van der Waals surface area contributed by atoms with Crippen molar-refractivity contribution in [1.29, 1.82) is 0 Å². The Bertz CT molecular complexity index is 536. The van der Waals surface area contributed by atoms with E-state index >= 15 is 0 Å². The summed E-state index contributed by atoms with van der Waals surface area (Å²) < 4.78 is 0. The number of hydrogen-bond donors (Lipinski definition) is 2. The molecule has 1 amide bonds. The highest BCUT2D eigenvalue weighted by Crippen LogP contribution is 2.22. The molecule has 0 fully saturated rings. The second kappa shape index (κ2) is 10.5. The normalized spacial score (nSPS) is 9.38. The highest BCUT2D eigenvalue weighted by Gasteiger charge is 2.11. The maximum absolute atomic E-state index is 11.9. The van der Waals surface area contributed by atoms with E-state index in [1.165, 1.54) is 11.3 Å². The van der Waals surface area contributed by atoms with E-state index in [1.54, 1.807) is 12.4 Å². The third-order valence-electron chi connectivity index (χ3n) is 2.45. The van der Waals surface area contributed by atoms with Crippen molar-refractivity contribution < 1.29 is 4.79 Å². The second-order valence-corrected chi connectivity index (χ2v) is 4.88. The molecule has 0 spiro atoms. The molecular weight excluding hydrogens is 331 g/mol. The van der Waals surface area contributed by atoms with Crippen molar-refractivity contribution in [2.75, 3.05) is 19.6 Å². The Morgan fingerprint density at radius 2 is 2.05 bits per heavy atom. The number of halogens is 2. The van der Waals surface area contributed by atoms with Gasteiger partial charge in [-0.2, -0.15) is 0 Å². The lowest BCUT2D eigenvalue weighted by Gasteiger charge is -2.02. The summed E-state index contributed by atoms with van der Waals surface area (Å²) in [6.07, 6.45) is 3.31. The molecule has 0 unspecified atom stereocenters. The summed E-state index contributed by atoms with van der Waals surface area (Å²) in [7, 11) is 0. The number of pyridine rings is 1. The van der Waals surface area contributed by atoms with Crippen LogP contribution in [0.1, 0.15) is 16.6 Å². The zero-order valence-electron chi connectivity index (χ0n) is 11.5. The van der Waals surface area contributed by atoms with Crippen LogP contribution >= 0.6 is 36.2 Å². The third-order valence-corrected chi connectivity index (χ3v) is 3.47. The first-order valence-electron chi connectivity index (χ1n) is 6.17. The maximum Gasteiger partial charge on any atom is 0.263 e. The minimum absolute atomic E-state index is 0. The molecule has 0 bridgehead atoms. The number of hydrogen-bond acceptors (Lipinski definition) is 5. The van der Waals surface area contributed by atoms with Crippen LogP contribution in [-0.2, 0) is 0 Å². The largest absolute Gasteiger partial charge is 0.350 e. The minimum atomic E-state index is -0.0856. The van der Waals surface area contributed by atoms with Gasteiger partial charge in [-0.05, 0) is 18.7 Å². The second-order valence-electron chi connectivity index (χ2n) is 3.85. The molecule has 0 atom stereocenters. The Morgan fingerprint density at radius 3 is 2.71 bits per heavy atom. The zero-order chi connectivity index (χ0) is 13.5.